The lowest BCUT2D eigenvalue weighted by molar-refractivity contribution is 0.210. The molecule has 1 aliphatic rings. The monoisotopic (exact) mass is 257 g/mol. The quantitative estimate of drug-likeness (QED) is 0.885. The summed E-state index contributed by atoms with van der Waals surface area (Å²) in [5.74, 6) is 0.949. The van der Waals surface area contributed by atoms with Gasteiger partial charge in [-0.3, -0.25) is 5.10 Å². The molecular formula is C15H19N3O. The molecule has 0 aliphatic heterocycles. The van der Waals surface area contributed by atoms with E-state index in [2.05, 4.69) is 10.2 Å². The second kappa shape index (κ2) is 5.45. The van der Waals surface area contributed by atoms with Gasteiger partial charge in [0.05, 0.1) is 11.8 Å². The van der Waals surface area contributed by atoms with E-state index in [0.717, 1.165) is 22.7 Å². The molecule has 1 heterocycles. The number of aromatic nitrogens is 2. The molecule has 3 N–H and O–H groups in total. The van der Waals surface area contributed by atoms with Gasteiger partial charge in [-0.05, 0) is 56.0 Å². The predicted octanol–water partition coefficient (Wildman–Crippen LogP) is 2.86. The molecule has 2 aromatic rings. The Morgan fingerprint density at radius 2 is 1.95 bits per heavy atom. The number of aromatic amines is 1. The van der Waals surface area contributed by atoms with Gasteiger partial charge in [-0.1, -0.05) is 0 Å². The molecule has 100 valence electrons. The normalized spacial score (nSPS) is 15.8. The van der Waals surface area contributed by atoms with E-state index in [4.69, 9.17) is 10.5 Å². The molecule has 1 aliphatic carbocycles. The van der Waals surface area contributed by atoms with Gasteiger partial charge in [0.2, 0.25) is 0 Å². The summed E-state index contributed by atoms with van der Waals surface area (Å²) in [7, 11) is 0. The number of hydrogen-bond donors (Lipinski definition) is 2. The van der Waals surface area contributed by atoms with Gasteiger partial charge in [0.15, 0.2) is 0 Å². The Hall–Kier alpha value is -1.81. The highest BCUT2D eigenvalue weighted by Crippen LogP contribution is 2.26. The van der Waals surface area contributed by atoms with Crippen molar-refractivity contribution in [3.8, 4) is 17.0 Å². The minimum absolute atomic E-state index is 0.403. The van der Waals surface area contributed by atoms with Crippen LogP contribution in [-0.4, -0.2) is 16.3 Å². The van der Waals surface area contributed by atoms with E-state index in [1.807, 2.05) is 30.3 Å². The zero-order valence-electron chi connectivity index (χ0n) is 10.9. The standard InChI is InChI=1S/C15H19N3O/c16-10-12-9-15(18-17-12)11-5-7-14(8-6-11)19-13-3-1-2-4-13/h5-9,13H,1-4,10,16H2,(H,17,18). The summed E-state index contributed by atoms with van der Waals surface area (Å²) in [5, 5.41) is 7.17. The van der Waals surface area contributed by atoms with Crippen LogP contribution in [0.3, 0.4) is 0 Å². The second-order valence-corrected chi connectivity index (χ2v) is 5.03. The Kier molecular flexibility index (Phi) is 3.51. The molecule has 0 atom stereocenters. The summed E-state index contributed by atoms with van der Waals surface area (Å²) in [6.45, 7) is 0.482. The Labute approximate surface area is 113 Å². The lowest BCUT2D eigenvalue weighted by atomic mass is 10.1. The van der Waals surface area contributed by atoms with Crippen molar-refractivity contribution in [2.45, 2.75) is 38.3 Å². The minimum atomic E-state index is 0.403. The van der Waals surface area contributed by atoms with Crippen LogP contribution in [0, 0.1) is 0 Å². The fourth-order valence-electron chi connectivity index (χ4n) is 2.52. The number of hydrogen-bond acceptors (Lipinski definition) is 3. The Morgan fingerprint density at radius 3 is 2.58 bits per heavy atom. The molecule has 0 radical (unpaired) electrons. The molecule has 4 nitrogen and oxygen atoms in total. The van der Waals surface area contributed by atoms with E-state index in [1.54, 1.807) is 0 Å². The number of rotatable bonds is 4. The van der Waals surface area contributed by atoms with E-state index in [1.165, 1.54) is 25.7 Å². The van der Waals surface area contributed by atoms with E-state index >= 15 is 0 Å². The third kappa shape index (κ3) is 2.79. The highest BCUT2D eigenvalue weighted by molar-refractivity contribution is 5.60. The van der Waals surface area contributed by atoms with Gasteiger partial charge in [-0.2, -0.15) is 5.10 Å². The molecule has 0 unspecified atom stereocenters. The van der Waals surface area contributed by atoms with Crippen molar-refractivity contribution >= 4 is 0 Å². The largest absolute Gasteiger partial charge is 0.490 e. The molecule has 0 amide bonds. The lowest BCUT2D eigenvalue weighted by Crippen LogP contribution is -2.10. The van der Waals surface area contributed by atoms with Gasteiger partial charge in [0, 0.05) is 17.8 Å². The van der Waals surface area contributed by atoms with Crippen molar-refractivity contribution in [2.75, 3.05) is 0 Å². The van der Waals surface area contributed by atoms with E-state index in [9.17, 15) is 0 Å². The summed E-state index contributed by atoms with van der Waals surface area (Å²) < 4.78 is 5.94. The minimum Gasteiger partial charge on any atom is -0.490 e. The molecule has 1 fully saturated rings. The first-order valence-corrected chi connectivity index (χ1v) is 6.86. The number of nitrogens with two attached hydrogens (primary N) is 1. The molecule has 0 saturated heterocycles. The summed E-state index contributed by atoms with van der Waals surface area (Å²) in [4.78, 5) is 0. The Bertz CT molecular complexity index is 527. The first kappa shape index (κ1) is 12.2. The average Bonchev–Trinajstić information content (AvgIpc) is 3.10. The molecule has 19 heavy (non-hydrogen) atoms. The van der Waals surface area contributed by atoms with Crippen molar-refractivity contribution < 1.29 is 4.74 Å². The van der Waals surface area contributed by atoms with Crippen molar-refractivity contribution in [1.29, 1.82) is 0 Å². The van der Waals surface area contributed by atoms with Gasteiger partial charge < -0.3 is 10.5 Å². The van der Waals surface area contributed by atoms with Gasteiger partial charge in [-0.15, -0.1) is 0 Å². The van der Waals surface area contributed by atoms with Crippen LogP contribution in [0.25, 0.3) is 11.3 Å². The average molecular weight is 257 g/mol. The summed E-state index contributed by atoms with van der Waals surface area (Å²) in [6, 6.07) is 10.1. The highest BCUT2D eigenvalue weighted by atomic mass is 16.5. The number of benzene rings is 1. The van der Waals surface area contributed by atoms with Gasteiger partial charge >= 0.3 is 0 Å². The van der Waals surface area contributed by atoms with E-state index < -0.39 is 0 Å². The van der Waals surface area contributed by atoms with Gasteiger partial charge in [0.1, 0.15) is 5.75 Å². The van der Waals surface area contributed by atoms with Crippen LogP contribution in [-0.2, 0) is 6.54 Å². The number of nitrogens with zero attached hydrogens (tertiary/aromatic N) is 1. The fourth-order valence-corrected chi connectivity index (χ4v) is 2.52. The summed E-state index contributed by atoms with van der Waals surface area (Å²) in [5.41, 5.74) is 8.51. The van der Waals surface area contributed by atoms with E-state index in [0.29, 0.717) is 12.6 Å². The van der Waals surface area contributed by atoms with Crippen LogP contribution in [0.2, 0.25) is 0 Å². The number of ether oxygens (including phenoxy) is 1. The molecule has 0 bridgehead atoms. The first-order chi connectivity index (χ1) is 9.35. The summed E-state index contributed by atoms with van der Waals surface area (Å²) >= 11 is 0. The fraction of sp³-hybridized carbons (Fsp3) is 0.400. The molecular weight excluding hydrogens is 238 g/mol. The zero-order chi connectivity index (χ0) is 13.1. The van der Waals surface area contributed by atoms with Crippen molar-refractivity contribution in [1.82, 2.24) is 10.2 Å². The maximum absolute atomic E-state index is 5.94. The van der Waals surface area contributed by atoms with E-state index in [-0.39, 0.29) is 0 Å². The molecule has 3 rings (SSSR count). The van der Waals surface area contributed by atoms with Crippen LogP contribution in [0.4, 0.5) is 0 Å². The maximum atomic E-state index is 5.94. The van der Waals surface area contributed by atoms with Crippen LogP contribution >= 0.6 is 0 Å². The third-order valence-electron chi connectivity index (χ3n) is 3.61. The van der Waals surface area contributed by atoms with Gasteiger partial charge in [0.25, 0.3) is 0 Å². The van der Waals surface area contributed by atoms with Crippen molar-refractivity contribution in [2.24, 2.45) is 5.73 Å². The smallest absolute Gasteiger partial charge is 0.119 e. The lowest BCUT2D eigenvalue weighted by Gasteiger charge is -2.12. The molecule has 4 heteroatoms. The summed E-state index contributed by atoms with van der Waals surface area (Å²) in [6.07, 6.45) is 5.35. The second-order valence-electron chi connectivity index (χ2n) is 5.03. The molecule has 1 aromatic heterocycles. The zero-order valence-corrected chi connectivity index (χ0v) is 10.9. The third-order valence-corrected chi connectivity index (χ3v) is 3.61. The van der Waals surface area contributed by atoms with Crippen molar-refractivity contribution in [3.63, 3.8) is 0 Å². The number of H-pyrrole nitrogens is 1. The molecule has 1 aromatic carbocycles. The van der Waals surface area contributed by atoms with Gasteiger partial charge in [-0.25, -0.2) is 0 Å². The van der Waals surface area contributed by atoms with Crippen LogP contribution in [0.5, 0.6) is 5.75 Å². The SMILES string of the molecule is NCc1cc(-c2ccc(OC3CCCC3)cc2)n[nH]1. The van der Waals surface area contributed by atoms with Crippen molar-refractivity contribution in [3.05, 3.63) is 36.0 Å². The maximum Gasteiger partial charge on any atom is 0.119 e. The first-order valence-electron chi connectivity index (χ1n) is 6.86. The molecule has 0 spiro atoms. The van der Waals surface area contributed by atoms with Crippen LogP contribution < -0.4 is 10.5 Å². The predicted molar refractivity (Wildman–Crippen MR) is 74.8 cm³/mol. The van der Waals surface area contributed by atoms with Crippen LogP contribution in [0.15, 0.2) is 30.3 Å². The highest BCUT2D eigenvalue weighted by Gasteiger charge is 2.16. The van der Waals surface area contributed by atoms with Crippen LogP contribution in [0.1, 0.15) is 31.4 Å². The Morgan fingerprint density at radius 1 is 1.21 bits per heavy atom. The topological polar surface area (TPSA) is 63.9 Å². The Balaban J connectivity index is 1.70. The molecule has 1 saturated carbocycles. The number of nitrogens with one attached hydrogen (secondary N) is 1.